The Bertz CT molecular complexity index is 1690. The Morgan fingerprint density at radius 3 is 2.38 bits per heavy atom. The van der Waals surface area contributed by atoms with Crippen LogP contribution in [0.5, 0.6) is 5.75 Å². The standard InChI is InChI=1S/C30H32F2N6O6S/c1-4-36(5-2)29-33-19-25(38(6-3)45(42,43)26-14-11-21(31)18-23(26)32)27(35-29)34-24(28(39)40)17-20-9-12-22(13-10-20)44-30(41)37-15-7-8-16-37/h3,9-14,18-19,24H,4-5,7-8,15-17H2,1-2H3,(H,39,40)(H,33,34,35)/t24-/m0/s1. The summed E-state index contributed by atoms with van der Waals surface area (Å²) in [7, 11) is -4.82. The Kier molecular flexibility index (Phi) is 10.4. The zero-order valence-electron chi connectivity index (χ0n) is 24.6. The lowest BCUT2D eigenvalue weighted by Crippen LogP contribution is -2.35. The van der Waals surface area contributed by atoms with Crippen LogP contribution >= 0.6 is 0 Å². The molecule has 2 heterocycles. The number of hydrogen-bond donors (Lipinski definition) is 2. The van der Waals surface area contributed by atoms with Gasteiger partial charge in [0, 0.05) is 44.7 Å². The molecule has 1 amide bonds. The number of sulfonamides is 1. The molecular weight excluding hydrogens is 610 g/mol. The summed E-state index contributed by atoms with van der Waals surface area (Å²) in [6, 6.07) is 8.80. The van der Waals surface area contributed by atoms with Gasteiger partial charge in [0.25, 0.3) is 10.0 Å². The van der Waals surface area contributed by atoms with Crippen molar-refractivity contribution in [1.82, 2.24) is 14.9 Å². The van der Waals surface area contributed by atoms with Gasteiger partial charge in [0.05, 0.1) is 6.20 Å². The SMILES string of the molecule is C#CN(c1cnc(N(CC)CC)nc1N[C@@H](Cc1ccc(OC(=O)N2CCCC2)cc1)C(=O)O)S(=O)(=O)c1ccc(F)cc1F. The lowest BCUT2D eigenvalue weighted by atomic mass is 10.1. The Hall–Kier alpha value is -4.97. The quantitative estimate of drug-likeness (QED) is 0.219. The van der Waals surface area contributed by atoms with Crippen molar-refractivity contribution in [2.24, 2.45) is 0 Å². The maximum Gasteiger partial charge on any atom is 0.415 e. The molecule has 1 aromatic heterocycles. The van der Waals surface area contributed by atoms with Crippen molar-refractivity contribution < 1.29 is 36.6 Å². The van der Waals surface area contributed by atoms with Crippen molar-refractivity contribution in [3.63, 3.8) is 0 Å². The van der Waals surface area contributed by atoms with Crippen molar-refractivity contribution in [3.05, 3.63) is 65.9 Å². The molecule has 0 radical (unpaired) electrons. The summed E-state index contributed by atoms with van der Waals surface area (Å²) in [4.78, 5) is 35.8. The van der Waals surface area contributed by atoms with Crippen LogP contribution in [0.3, 0.4) is 0 Å². The minimum atomic E-state index is -4.82. The number of carbonyl (C=O) groups excluding carboxylic acids is 1. The van der Waals surface area contributed by atoms with Crippen LogP contribution in [-0.4, -0.2) is 72.7 Å². The number of aliphatic carboxylic acids is 1. The molecular formula is C30H32F2N6O6S. The first kappa shape index (κ1) is 32.9. The molecule has 1 fully saturated rings. The number of carboxylic acids is 1. The number of likely N-dealkylation sites (tertiary alicyclic amines) is 1. The molecule has 15 heteroatoms. The number of aromatic nitrogens is 2. The molecule has 3 aromatic rings. The van der Waals surface area contributed by atoms with Gasteiger partial charge in [-0.05, 0) is 56.5 Å². The number of nitrogens with zero attached hydrogens (tertiary/aromatic N) is 5. The summed E-state index contributed by atoms with van der Waals surface area (Å²) in [5.74, 6) is -3.46. The average Bonchev–Trinajstić information content (AvgIpc) is 3.55. The van der Waals surface area contributed by atoms with Crippen LogP contribution in [0.4, 0.5) is 31.0 Å². The van der Waals surface area contributed by atoms with Crippen molar-refractivity contribution in [2.75, 3.05) is 40.7 Å². The molecule has 0 saturated carbocycles. The number of benzene rings is 2. The number of amides is 1. The van der Waals surface area contributed by atoms with E-state index in [1.807, 2.05) is 19.9 Å². The topological polar surface area (TPSA) is 145 Å². The van der Waals surface area contributed by atoms with Gasteiger partial charge in [-0.25, -0.2) is 23.4 Å². The predicted molar refractivity (Wildman–Crippen MR) is 162 cm³/mol. The van der Waals surface area contributed by atoms with E-state index in [9.17, 15) is 31.9 Å². The summed E-state index contributed by atoms with van der Waals surface area (Å²) in [6.45, 7) is 5.89. The minimum Gasteiger partial charge on any atom is -0.480 e. The van der Waals surface area contributed by atoms with Gasteiger partial charge in [0.15, 0.2) is 5.82 Å². The van der Waals surface area contributed by atoms with Gasteiger partial charge in [-0.15, -0.1) is 0 Å². The van der Waals surface area contributed by atoms with Crippen LogP contribution in [0.25, 0.3) is 0 Å². The maximum absolute atomic E-state index is 14.6. The second-order valence-electron chi connectivity index (χ2n) is 9.99. The molecule has 12 nitrogen and oxygen atoms in total. The highest BCUT2D eigenvalue weighted by atomic mass is 32.2. The third-order valence-corrected chi connectivity index (χ3v) is 8.76. The summed E-state index contributed by atoms with van der Waals surface area (Å²) in [5.41, 5.74) is 0.192. The number of hydrogen-bond acceptors (Lipinski definition) is 9. The van der Waals surface area contributed by atoms with Gasteiger partial charge in [0.1, 0.15) is 34.0 Å². The number of anilines is 3. The van der Waals surface area contributed by atoms with Crippen molar-refractivity contribution in [3.8, 4) is 18.2 Å². The van der Waals surface area contributed by atoms with Crippen LogP contribution in [0, 0.1) is 24.1 Å². The van der Waals surface area contributed by atoms with E-state index >= 15 is 0 Å². The average molecular weight is 643 g/mol. The third-order valence-electron chi connectivity index (χ3n) is 7.09. The summed E-state index contributed by atoms with van der Waals surface area (Å²) in [6.07, 6.45) is 7.93. The van der Waals surface area contributed by atoms with Gasteiger partial charge in [-0.2, -0.15) is 17.7 Å². The first-order chi connectivity index (χ1) is 21.5. The molecule has 4 rings (SSSR count). The Morgan fingerprint density at radius 1 is 1.13 bits per heavy atom. The molecule has 1 aliphatic rings. The Balaban J connectivity index is 1.66. The molecule has 0 spiro atoms. The molecule has 0 bridgehead atoms. The summed E-state index contributed by atoms with van der Waals surface area (Å²) >= 11 is 0. The molecule has 1 aliphatic heterocycles. The first-order valence-electron chi connectivity index (χ1n) is 14.1. The fraction of sp³-hybridized carbons (Fsp3) is 0.333. The smallest absolute Gasteiger partial charge is 0.415 e. The monoisotopic (exact) mass is 642 g/mol. The Labute approximate surface area is 259 Å². The van der Waals surface area contributed by atoms with Gasteiger partial charge < -0.3 is 25.0 Å². The number of carboxylic acid groups (broad SMARTS) is 1. The molecule has 1 atom stereocenters. The highest BCUT2D eigenvalue weighted by molar-refractivity contribution is 7.93. The van der Waals surface area contributed by atoms with E-state index in [2.05, 4.69) is 15.3 Å². The van der Waals surface area contributed by atoms with E-state index < -0.39 is 44.7 Å². The number of nitrogens with one attached hydrogen (secondary N) is 1. The molecule has 45 heavy (non-hydrogen) atoms. The Morgan fingerprint density at radius 2 is 1.80 bits per heavy atom. The third kappa shape index (κ3) is 7.58. The summed E-state index contributed by atoms with van der Waals surface area (Å²) in [5, 5.41) is 12.9. The highest BCUT2D eigenvalue weighted by Crippen LogP contribution is 2.32. The number of carbonyl (C=O) groups is 2. The van der Waals surface area contributed by atoms with E-state index in [0.717, 1.165) is 31.2 Å². The fourth-order valence-corrected chi connectivity index (χ4v) is 5.96. The normalized spacial score (nSPS) is 13.5. The second-order valence-corrected chi connectivity index (χ2v) is 11.7. The lowest BCUT2D eigenvalue weighted by molar-refractivity contribution is -0.137. The molecule has 2 aromatic carbocycles. The van der Waals surface area contributed by atoms with Gasteiger partial charge in [-0.3, -0.25) is 0 Å². The van der Waals surface area contributed by atoms with E-state index in [1.165, 1.54) is 0 Å². The largest absolute Gasteiger partial charge is 0.480 e. The summed E-state index contributed by atoms with van der Waals surface area (Å²) < 4.78 is 60.8. The second kappa shape index (κ2) is 14.2. The van der Waals surface area contributed by atoms with Crippen LogP contribution in [0.15, 0.2) is 53.6 Å². The molecule has 0 aliphatic carbocycles. The van der Waals surface area contributed by atoms with Gasteiger partial charge >= 0.3 is 12.1 Å². The van der Waals surface area contributed by atoms with E-state index in [4.69, 9.17) is 11.2 Å². The number of ether oxygens (including phenoxy) is 1. The van der Waals surface area contributed by atoms with Crippen molar-refractivity contribution >= 4 is 39.5 Å². The zero-order valence-corrected chi connectivity index (χ0v) is 25.4. The number of rotatable bonds is 12. The molecule has 1 saturated heterocycles. The number of terminal acetylenes is 1. The zero-order chi connectivity index (χ0) is 32.7. The molecule has 238 valence electrons. The highest BCUT2D eigenvalue weighted by Gasteiger charge is 2.32. The van der Waals surface area contributed by atoms with Crippen LogP contribution < -0.4 is 19.3 Å². The lowest BCUT2D eigenvalue weighted by Gasteiger charge is -2.25. The molecule has 0 unspecified atom stereocenters. The van der Waals surface area contributed by atoms with Gasteiger partial charge in [0.2, 0.25) is 5.95 Å². The van der Waals surface area contributed by atoms with E-state index in [0.29, 0.717) is 47.9 Å². The fourth-order valence-electron chi connectivity index (χ4n) is 4.69. The van der Waals surface area contributed by atoms with E-state index in [-0.39, 0.29) is 23.9 Å². The van der Waals surface area contributed by atoms with Gasteiger partial charge in [-0.1, -0.05) is 18.6 Å². The maximum atomic E-state index is 14.6. The van der Waals surface area contributed by atoms with Crippen molar-refractivity contribution in [2.45, 2.75) is 44.0 Å². The van der Waals surface area contributed by atoms with Crippen LogP contribution in [0.2, 0.25) is 0 Å². The number of halogens is 2. The van der Waals surface area contributed by atoms with Crippen molar-refractivity contribution in [1.29, 1.82) is 0 Å². The first-order valence-corrected chi connectivity index (χ1v) is 15.6. The van der Waals surface area contributed by atoms with Crippen LogP contribution in [0.1, 0.15) is 32.3 Å². The predicted octanol–water partition coefficient (Wildman–Crippen LogP) is 4.09. The van der Waals surface area contributed by atoms with E-state index in [1.54, 1.807) is 34.1 Å². The minimum absolute atomic E-state index is 0.102. The van der Waals surface area contributed by atoms with Crippen LogP contribution in [-0.2, 0) is 21.2 Å². The molecule has 2 N–H and O–H groups in total.